The van der Waals surface area contributed by atoms with Gasteiger partial charge < -0.3 is 5.32 Å². The number of pyridine rings is 2. The molecule has 4 nitrogen and oxygen atoms in total. The Balaban J connectivity index is 0.000000221. The number of carbonyl (C=O) groups excluding carboxylic acids is 1. The standard InChI is InChI=1S/C14H15ClN2.C7H4F3NO/c1-9-4-5-12(16-3)8-13(9)11-6-10(2)17-14(15)7-11;8-7(9,10)6-3-5(4-12)1-2-11-6/h4-8,16H,1-3H3;1-4H. The minimum Gasteiger partial charge on any atom is -0.388 e. The molecular weight excluding hydrogens is 403 g/mol. The summed E-state index contributed by atoms with van der Waals surface area (Å²) in [6.07, 6.45) is -3.19. The summed E-state index contributed by atoms with van der Waals surface area (Å²) in [7, 11) is 1.92. The first-order chi connectivity index (χ1) is 13.6. The molecule has 152 valence electrons. The molecule has 1 N–H and O–H groups in total. The van der Waals surface area contributed by atoms with E-state index in [0.717, 1.165) is 23.1 Å². The zero-order valence-electron chi connectivity index (χ0n) is 16.0. The van der Waals surface area contributed by atoms with Crippen molar-refractivity contribution in [3.8, 4) is 11.1 Å². The zero-order chi connectivity index (χ0) is 21.6. The Morgan fingerprint density at radius 2 is 1.79 bits per heavy atom. The molecule has 0 saturated carbocycles. The SMILES string of the molecule is CNc1ccc(C)c(-c2cc(C)nc(Cl)c2)c1.O=Cc1ccnc(C(F)(F)F)c1. The van der Waals surface area contributed by atoms with Gasteiger partial charge in [-0.15, -0.1) is 0 Å². The molecule has 0 atom stereocenters. The van der Waals surface area contributed by atoms with E-state index in [0.29, 0.717) is 17.5 Å². The summed E-state index contributed by atoms with van der Waals surface area (Å²) in [6, 6.07) is 12.2. The third kappa shape index (κ3) is 6.29. The minimum absolute atomic E-state index is 0.0303. The molecule has 0 aliphatic heterocycles. The van der Waals surface area contributed by atoms with Crippen LogP contribution in [0.3, 0.4) is 0 Å². The van der Waals surface area contributed by atoms with Gasteiger partial charge in [-0.1, -0.05) is 17.7 Å². The highest BCUT2D eigenvalue weighted by atomic mass is 35.5. The molecule has 3 rings (SSSR count). The molecule has 8 heteroatoms. The second-order valence-corrected chi connectivity index (χ2v) is 6.58. The maximum atomic E-state index is 11.9. The number of aromatic nitrogens is 2. The van der Waals surface area contributed by atoms with Crippen LogP contribution >= 0.6 is 11.6 Å². The van der Waals surface area contributed by atoms with Crippen LogP contribution in [0.2, 0.25) is 5.15 Å². The van der Waals surface area contributed by atoms with Crippen LogP contribution in [0.25, 0.3) is 11.1 Å². The summed E-state index contributed by atoms with van der Waals surface area (Å²) in [5.41, 5.74) is 4.47. The molecule has 0 aliphatic carbocycles. The van der Waals surface area contributed by atoms with Crippen LogP contribution in [0.4, 0.5) is 18.9 Å². The molecule has 0 spiro atoms. The van der Waals surface area contributed by atoms with Crippen molar-refractivity contribution >= 4 is 23.6 Å². The van der Waals surface area contributed by atoms with Gasteiger partial charge in [-0.2, -0.15) is 13.2 Å². The van der Waals surface area contributed by atoms with E-state index >= 15 is 0 Å². The average Bonchev–Trinajstić information content (AvgIpc) is 2.67. The summed E-state index contributed by atoms with van der Waals surface area (Å²) < 4.78 is 35.8. The minimum atomic E-state index is -4.49. The fourth-order valence-corrected chi connectivity index (χ4v) is 2.80. The molecule has 3 aromatic rings. The number of nitrogens with one attached hydrogen (secondary N) is 1. The number of hydrogen-bond donors (Lipinski definition) is 1. The topological polar surface area (TPSA) is 54.9 Å². The van der Waals surface area contributed by atoms with Gasteiger partial charge in [0.2, 0.25) is 0 Å². The Kier molecular flexibility index (Phi) is 7.34. The normalized spacial score (nSPS) is 10.7. The predicted molar refractivity (Wildman–Crippen MR) is 108 cm³/mol. The van der Waals surface area contributed by atoms with Crippen molar-refractivity contribution < 1.29 is 18.0 Å². The van der Waals surface area contributed by atoms with Gasteiger partial charge in [-0.25, -0.2) is 4.98 Å². The van der Waals surface area contributed by atoms with Gasteiger partial charge >= 0.3 is 6.18 Å². The quantitative estimate of drug-likeness (QED) is 0.418. The van der Waals surface area contributed by atoms with Gasteiger partial charge in [-0.05, 0) is 66.9 Å². The summed E-state index contributed by atoms with van der Waals surface area (Å²) >= 11 is 6.00. The summed E-state index contributed by atoms with van der Waals surface area (Å²) in [4.78, 5) is 17.3. The Morgan fingerprint density at radius 3 is 2.38 bits per heavy atom. The van der Waals surface area contributed by atoms with Crippen molar-refractivity contribution in [2.24, 2.45) is 0 Å². The number of hydrogen-bond acceptors (Lipinski definition) is 4. The molecule has 29 heavy (non-hydrogen) atoms. The van der Waals surface area contributed by atoms with Gasteiger partial charge in [0, 0.05) is 30.2 Å². The first kappa shape index (κ1) is 22.4. The van der Waals surface area contributed by atoms with E-state index in [2.05, 4.69) is 40.4 Å². The van der Waals surface area contributed by atoms with Crippen molar-refractivity contribution in [3.63, 3.8) is 0 Å². The number of anilines is 1. The van der Waals surface area contributed by atoms with Gasteiger partial charge in [0.25, 0.3) is 0 Å². The Morgan fingerprint density at radius 1 is 1.07 bits per heavy atom. The first-order valence-corrected chi connectivity index (χ1v) is 8.93. The molecule has 2 aromatic heterocycles. The highest BCUT2D eigenvalue weighted by molar-refractivity contribution is 6.29. The summed E-state index contributed by atoms with van der Waals surface area (Å²) in [5, 5.41) is 3.68. The lowest BCUT2D eigenvalue weighted by atomic mass is 10.0. The lowest BCUT2D eigenvalue weighted by Crippen LogP contribution is -2.07. The number of halogens is 4. The number of benzene rings is 1. The van der Waals surface area contributed by atoms with Crippen molar-refractivity contribution in [1.82, 2.24) is 9.97 Å². The van der Waals surface area contributed by atoms with E-state index < -0.39 is 11.9 Å². The fourth-order valence-electron chi connectivity index (χ4n) is 2.55. The monoisotopic (exact) mass is 421 g/mol. The molecule has 0 amide bonds. The maximum Gasteiger partial charge on any atom is 0.433 e. The number of aryl methyl sites for hydroxylation is 2. The van der Waals surface area contributed by atoms with Crippen LogP contribution in [0.15, 0.2) is 48.7 Å². The van der Waals surface area contributed by atoms with E-state index in [4.69, 9.17) is 11.6 Å². The molecular formula is C21H19ClF3N3O. The average molecular weight is 422 g/mol. The van der Waals surface area contributed by atoms with Gasteiger partial charge in [0.1, 0.15) is 17.1 Å². The molecule has 0 bridgehead atoms. The number of aldehydes is 1. The van der Waals surface area contributed by atoms with E-state index in [9.17, 15) is 18.0 Å². The number of nitrogens with zero attached hydrogens (tertiary/aromatic N) is 2. The Bertz CT molecular complexity index is 986. The van der Waals surface area contributed by atoms with Crippen LogP contribution in [-0.4, -0.2) is 23.3 Å². The first-order valence-electron chi connectivity index (χ1n) is 8.55. The van der Waals surface area contributed by atoms with Crippen molar-refractivity contribution in [3.05, 3.63) is 76.3 Å². The van der Waals surface area contributed by atoms with Crippen LogP contribution in [0, 0.1) is 13.8 Å². The number of carbonyl (C=O) groups is 1. The third-order valence-electron chi connectivity index (χ3n) is 3.97. The second-order valence-electron chi connectivity index (χ2n) is 6.19. The van der Waals surface area contributed by atoms with E-state index in [1.807, 2.05) is 26.1 Å². The van der Waals surface area contributed by atoms with E-state index in [1.54, 1.807) is 0 Å². The molecule has 0 radical (unpaired) electrons. The van der Waals surface area contributed by atoms with E-state index in [1.165, 1.54) is 17.2 Å². The smallest absolute Gasteiger partial charge is 0.388 e. The van der Waals surface area contributed by atoms with Crippen molar-refractivity contribution in [2.45, 2.75) is 20.0 Å². The zero-order valence-corrected chi connectivity index (χ0v) is 16.8. The van der Waals surface area contributed by atoms with Crippen molar-refractivity contribution in [1.29, 1.82) is 0 Å². The number of alkyl halides is 3. The largest absolute Gasteiger partial charge is 0.433 e. The van der Waals surface area contributed by atoms with Crippen LogP contribution < -0.4 is 5.32 Å². The predicted octanol–water partition coefficient (Wildman–Crippen LogP) is 5.97. The molecule has 0 aliphatic rings. The van der Waals surface area contributed by atoms with E-state index in [-0.39, 0.29) is 5.56 Å². The Labute approximate surface area is 171 Å². The number of rotatable bonds is 3. The van der Waals surface area contributed by atoms with Gasteiger partial charge in [0.05, 0.1) is 0 Å². The Hall–Kier alpha value is -2.93. The fraction of sp³-hybridized carbons (Fsp3) is 0.190. The molecule has 2 heterocycles. The highest BCUT2D eigenvalue weighted by Crippen LogP contribution is 2.29. The molecule has 0 saturated heterocycles. The molecule has 0 unspecified atom stereocenters. The van der Waals surface area contributed by atoms with Gasteiger partial charge in [0.15, 0.2) is 0 Å². The van der Waals surface area contributed by atoms with Gasteiger partial charge in [-0.3, -0.25) is 9.78 Å². The maximum absolute atomic E-state index is 11.9. The van der Waals surface area contributed by atoms with Crippen LogP contribution in [0.1, 0.15) is 27.3 Å². The third-order valence-corrected chi connectivity index (χ3v) is 4.16. The molecule has 0 fully saturated rings. The van der Waals surface area contributed by atoms with Crippen LogP contribution in [-0.2, 0) is 6.18 Å². The summed E-state index contributed by atoms with van der Waals surface area (Å²) in [6.45, 7) is 4.05. The second kappa shape index (κ2) is 9.52. The lowest BCUT2D eigenvalue weighted by Gasteiger charge is -2.10. The summed E-state index contributed by atoms with van der Waals surface area (Å²) in [5.74, 6) is 0. The lowest BCUT2D eigenvalue weighted by molar-refractivity contribution is -0.141. The van der Waals surface area contributed by atoms with Crippen molar-refractivity contribution in [2.75, 3.05) is 12.4 Å². The molecule has 1 aromatic carbocycles. The highest BCUT2D eigenvalue weighted by Gasteiger charge is 2.32. The van der Waals surface area contributed by atoms with Crippen LogP contribution in [0.5, 0.6) is 0 Å².